The Morgan fingerprint density at radius 3 is 2.70 bits per heavy atom. The fourth-order valence-corrected chi connectivity index (χ4v) is 5.84. The molecule has 0 saturated carbocycles. The molecule has 0 N–H and O–H groups in total. The van der Waals surface area contributed by atoms with Gasteiger partial charge in [-0.25, -0.2) is 4.99 Å². The van der Waals surface area contributed by atoms with Crippen LogP contribution in [-0.4, -0.2) is 6.21 Å². The molecule has 2 heterocycles. The van der Waals surface area contributed by atoms with Crippen molar-refractivity contribution in [1.29, 1.82) is 5.26 Å². The van der Waals surface area contributed by atoms with E-state index >= 15 is 0 Å². The molecule has 0 unspecified atom stereocenters. The third-order valence-electron chi connectivity index (χ3n) is 5.53. The summed E-state index contributed by atoms with van der Waals surface area (Å²) >= 11 is 9.13. The van der Waals surface area contributed by atoms with Gasteiger partial charge in [0.25, 0.3) is 0 Å². The summed E-state index contributed by atoms with van der Waals surface area (Å²) in [5.74, 6) is 1.32. The number of hydrogen-bond donors (Lipinski definition) is 0. The summed E-state index contributed by atoms with van der Waals surface area (Å²) in [5.41, 5.74) is 2.22. The zero-order valence-electron chi connectivity index (χ0n) is 17.2. The first-order chi connectivity index (χ1) is 14.3. The van der Waals surface area contributed by atoms with E-state index in [1.54, 1.807) is 17.6 Å². The Balaban J connectivity index is 1.51. The van der Waals surface area contributed by atoms with Crippen molar-refractivity contribution >= 4 is 45.9 Å². The average molecular weight is 455 g/mol. The molecule has 1 aliphatic carbocycles. The van der Waals surface area contributed by atoms with E-state index in [1.165, 1.54) is 22.2 Å². The molecule has 2 aromatic heterocycles. The molecule has 3 aromatic rings. The SMILES string of the molecule is CC(C)(C)[C@@H]1CCc2c(sc(N=Cc3ccc(Sc4ccc(Cl)cc4)o3)c2C#N)C1. The number of hydrogen-bond acceptors (Lipinski definition) is 5. The highest BCUT2D eigenvalue weighted by molar-refractivity contribution is 7.99. The molecule has 4 rings (SSSR count). The second-order valence-electron chi connectivity index (χ2n) is 8.57. The minimum atomic E-state index is 0.282. The summed E-state index contributed by atoms with van der Waals surface area (Å²) in [5, 5.41) is 12.0. The van der Waals surface area contributed by atoms with Crippen LogP contribution >= 0.6 is 34.7 Å². The van der Waals surface area contributed by atoms with Crippen LogP contribution in [0.2, 0.25) is 5.02 Å². The maximum Gasteiger partial charge on any atom is 0.165 e. The number of halogens is 1. The molecular formula is C24H23ClN2OS2. The van der Waals surface area contributed by atoms with Gasteiger partial charge in [-0.3, -0.25) is 0 Å². The summed E-state index contributed by atoms with van der Waals surface area (Å²) in [6, 6.07) is 13.9. The van der Waals surface area contributed by atoms with Crippen LogP contribution in [0.5, 0.6) is 0 Å². The lowest BCUT2D eigenvalue weighted by Gasteiger charge is -2.33. The quantitative estimate of drug-likeness (QED) is 0.376. The van der Waals surface area contributed by atoms with E-state index in [2.05, 4.69) is 31.8 Å². The second kappa shape index (κ2) is 8.63. The van der Waals surface area contributed by atoms with Crippen LogP contribution in [0.25, 0.3) is 0 Å². The van der Waals surface area contributed by atoms with Crippen molar-refractivity contribution in [3.05, 3.63) is 63.2 Å². The lowest BCUT2D eigenvalue weighted by atomic mass is 9.72. The van der Waals surface area contributed by atoms with Gasteiger partial charge < -0.3 is 4.42 Å². The summed E-state index contributed by atoms with van der Waals surface area (Å²) < 4.78 is 5.88. The molecule has 6 heteroatoms. The number of benzene rings is 1. The molecular weight excluding hydrogens is 432 g/mol. The van der Waals surface area contributed by atoms with Gasteiger partial charge in [-0.05, 0) is 72.6 Å². The van der Waals surface area contributed by atoms with Gasteiger partial charge in [-0.2, -0.15) is 5.26 Å². The summed E-state index contributed by atoms with van der Waals surface area (Å²) in [6.07, 6.45) is 4.85. The van der Waals surface area contributed by atoms with E-state index in [-0.39, 0.29) is 5.41 Å². The first kappa shape index (κ1) is 21.2. The number of rotatable bonds is 4. The smallest absolute Gasteiger partial charge is 0.165 e. The summed E-state index contributed by atoms with van der Waals surface area (Å²) in [4.78, 5) is 7.00. The largest absolute Gasteiger partial charge is 0.449 e. The predicted molar refractivity (Wildman–Crippen MR) is 126 cm³/mol. The van der Waals surface area contributed by atoms with Crippen molar-refractivity contribution in [2.45, 2.75) is 50.0 Å². The van der Waals surface area contributed by atoms with E-state index in [0.717, 1.165) is 39.8 Å². The Kier molecular flexibility index (Phi) is 6.11. The first-order valence-electron chi connectivity index (χ1n) is 9.95. The highest BCUT2D eigenvalue weighted by Crippen LogP contribution is 2.45. The van der Waals surface area contributed by atoms with E-state index in [4.69, 9.17) is 16.0 Å². The van der Waals surface area contributed by atoms with Gasteiger partial charge in [-0.1, -0.05) is 44.1 Å². The minimum Gasteiger partial charge on any atom is -0.449 e. The fraction of sp³-hybridized carbons (Fsp3) is 0.333. The zero-order chi connectivity index (χ0) is 21.3. The zero-order valence-corrected chi connectivity index (χ0v) is 19.6. The Bertz CT molecular complexity index is 1110. The third kappa shape index (κ3) is 4.67. The molecule has 0 spiro atoms. The minimum absolute atomic E-state index is 0.282. The van der Waals surface area contributed by atoms with Gasteiger partial charge in [0.2, 0.25) is 0 Å². The third-order valence-corrected chi connectivity index (χ3v) is 7.87. The molecule has 3 nitrogen and oxygen atoms in total. The van der Waals surface area contributed by atoms with Crippen LogP contribution in [0.15, 0.2) is 55.8 Å². The molecule has 0 aliphatic heterocycles. The number of aliphatic imine (C=N–C) groups is 1. The molecule has 30 heavy (non-hydrogen) atoms. The molecule has 0 fully saturated rings. The lowest BCUT2D eigenvalue weighted by molar-refractivity contribution is 0.218. The van der Waals surface area contributed by atoms with E-state index in [0.29, 0.717) is 16.7 Å². The second-order valence-corrected chi connectivity index (χ2v) is 11.2. The van der Waals surface area contributed by atoms with Crippen molar-refractivity contribution in [3.63, 3.8) is 0 Å². The van der Waals surface area contributed by atoms with Gasteiger partial charge in [0.05, 0.1) is 11.8 Å². The Labute approximate surface area is 190 Å². The standard InChI is InChI=1S/C24H23ClN2OS2/c1-24(2,3)15-4-10-19-20(13-26)23(30-21(19)12-15)27-14-17-7-11-22(28-17)29-18-8-5-16(25)6-9-18/h5-9,11,14-15H,4,10,12H2,1-3H3/t15-/m1/s1. The number of fused-ring (bicyclic) bond motifs is 1. The number of thiophene rings is 1. The lowest BCUT2D eigenvalue weighted by Crippen LogP contribution is -2.26. The predicted octanol–water partition coefficient (Wildman–Crippen LogP) is 7.92. The highest BCUT2D eigenvalue weighted by atomic mass is 35.5. The van der Waals surface area contributed by atoms with Crippen LogP contribution in [0, 0.1) is 22.7 Å². The van der Waals surface area contributed by atoms with Crippen molar-refractivity contribution in [2.24, 2.45) is 16.3 Å². The van der Waals surface area contributed by atoms with Gasteiger partial charge in [0, 0.05) is 14.8 Å². The molecule has 154 valence electrons. The first-order valence-corrected chi connectivity index (χ1v) is 12.0. The van der Waals surface area contributed by atoms with Gasteiger partial charge >= 0.3 is 0 Å². The molecule has 1 aliphatic rings. The summed E-state index contributed by atoms with van der Waals surface area (Å²) in [6.45, 7) is 6.91. The molecule has 1 atom stereocenters. The highest BCUT2D eigenvalue weighted by Gasteiger charge is 2.32. The topological polar surface area (TPSA) is 49.3 Å². The van der Waals surface area contributed by atoms with Crippen LogP contribution in [-0.2, 0) is 12.8 Å². The number of furan rings is 1. The Morgan fingerprint density at radius 1 is 1.23 bits per heavy atom. The Morgan fingerprint density at radius 2 is 2.00 bits per heavy atom. The van der Waals surface area contributed by atoms with Crippen molar-refractivity contribution < 1.29 is 4.42 Å². The van der Waals surface area contributed by atoms with Crippen molar-refractivity contribution in [3.8, 4) is 6.07 Å². The van der Waals surface area contributed by atoms with Crippen LogP contribution in [0.4, 0.5) is 5.00 Å². The van der Waals surface area contributed by atoms with Gasteiger partial charge in [-0.15, -0.1) is 11.3 Å². The monoisotopic (exact) mass is 454 g/mol. The maximum absolute atomic E-state index is 9.72. The fourth-order valence-electron chi connectivity index (χ4n) is 3.72. The molecule has 0 saturated heterocycles. The average Bonchev–Trinajstić information content (AvgIpc) is 3.30. The molecule has 0 bridgehead atoms. The number of nitrogens with zero attached hydrogens (tertiary/aromatic N) is 2. The van der Waals surface area contributed by atoms with Crippen LogP contribution in [0.1, 0.15) is 49.0 Å². The molecule has 1 aromatic carbocycles. The van der Waals surface area contributed by atoms with Gasteiger partial charge in [0.15, 0.2) is 5.09 Å². The van der Waals surface area contributed by atoms with E-state index < -0.39 is 0 Å². The van der Waals surface area contributed by atoms with Crippen LogP contribution < -0.4 is 0 Å². The summed E-state index contributed by atoms with van der Waals surface area (Å²) in [7, 11) is 0. The van der Waals surface area contributed by atoms with Gasteiger partial charge in [0.1, 0.15) is 16.8 Å². The molecule has 0 amide bonds. The normalized spacial score (nSPS) is 16.6. The van der Waals surface area contributed by atoms with Crippen molar-refractivity contribution in [2.75, 3.05) is 0 Å². The Hall–Kier alpha value is -2.00. The number of nitriles is 1. The molecule has 0 radical (unpaired) electrons. The van der Waals surface area contributed by atoms with Crippen molar-refractivity contribution in [1.82, 2.24) is 0 Å². The maximum atomic E-state index is 9.72. The van der Waals surface area contributed by atoms with E-state index in [9.17, 15) is 5.26 Å². The van der Waals surface area contributed by atoms with E-state index in [1.807, 2.05) is 36.4 Å². The van der Waals surface area contributed by atoms with Crippen LogP contribution in [0.3, 0.4) is 0 Å².